The van der Waals surface area contributed by atoms with Crippen LogP contribution in [-0.4, -0.2) is 47.3 Å². The van der Waals surface area contributed by atoms with Crippen molar-refractivity contribution in [2.75, 3.05) is 11.9 Å². The second kappa shape index (κ2) is 8.99. The summed E-state index contributed by atoms with van der Waals surface area (Å²) in [5.41, 5.74) is 0.942. The second-order valence-electron chi connectivity index (χ2n) is 7.30. The first kappa shape index (κ1) is 22.0. The number of rotatable bonds is 7. The Morgan fingerprint density at radius 2 is 1.68 bits per heavy atom. The number of fused-ring (bicyclic) bond motifs is 1. The van der Waals surface area contributed by atoms with Crippen molar-refractivity contribution < 1.29 is 28.7 Å². The van der Waals surface area contributed by atoms with Gasteiger partial charge in [-0.2, -0.15) is 0 Å². The predicted octanol–water partition coefficient (Wildman–Crippen LogP) is 3.27. The van der Waals surface area contributed by atoms with Crippen LogP contribution in [0.1, 0.15) is 58.8 Å². The molecule has 8 heteroatoms. The van der Waals surface area contributed by atoms with Crippen LogP contribution in [0.2, 0.25) is 0 Å². The van der Waals surface area contributed by atoms with Crippen molar-refractivity contribution in [1.82, 2.24) is 4.90 Å². The first-order valence-corrected chi connectivity index (χ1v) is 10.00. The third-order valence-electron chi connectivity index (χ3n) is 4.77. The van der Waals surface area contributed by atoms with Gasteiger partial charge in [-0.3, -0.25) is 19.3 Å². The zero-order chi connectivity index (χ0) is 22.7. The minimum Gasteiger partial charge on any atom is -0.492 e. The fourth-order valence-electron chi connectivity index (χ4n) is 3.22. The molecule has 2 aromatic rings. The Bertz CT molecular complexity index is 1050. The highest BCUT2D eigenvalue weighted by molar-refractivity contribution is 6.22. The lowest BCUT2D eigenvalue weighted by molar-refractivity contribution is -0.123. The van der Waals surface area contributed by atoms with Crippen LogP contribution in [0.25, 0.3) is 0 Å². The maximum absolute atomic E-state index is 12.5. The van der Waals surface area contributed by atoms with E-state index in [0.29, 0.717) is 18.0 Å². The summed E-state index contributed by atoms with van der Waals surface area (Å²) in [5, 5.41) is 2.68. The summed E-state index contributed by atoms with van der Waals surface area (Å²) in [4.78, 5) is 51.1. The maximum atomic E-state index is 12.5. The van der Waals surface area contributed by atoms with Gasteiger partial charge in [0.15, 0.2) is 6.10 Å². The summed E-state index contributed by atoms with van der Waals surface area (Å²) in [6, 6.07) is 10.8. The summed E-state index contributed by atoms with van der Waals surface area (Å²) in [6.45, 7) is 7.18. The zero-order valence-corrected chi connectivity index (χ0v) is 17.8. The number of amides is 3. The molecule has 0 saturated heterocycles. The van der Waals surface area contributed by atoms with Crippen LogP contribution in [0, 0.1) is 0 Å². The van der Waals surface area contributed by atoms with Crippen molar-refractivity contribution in [1.29, 1.82) is 0 Å². The molecule has 1 aliphatic heterocycles. The van der Waals surface area contributed by atoms with Crippen LogP contribution in [0.4, 0.5) is 5.69 Å². The smallest absolute Gasteiger partial charge is 0.338 e. The summed E-state index contributed by atoms with van der Waals surface area (Å²) >= 11 is 0. The molecule has 1 heterocycles. The predicted molar refractivity (Wildman–Crippen MR) is 113 cm³/mol. The lowest BCUT2D eigenvalue weighted by Crippen LogP contribution is -2.35. The molecule has 1 unspecified atom stereocenters. The average Bonchev–Trinajstić information content (AvgIpc) is 2.99. The highest BCUT2D eigenvalue weighted by Gasteiger charge is 2.37. The molecule has 3 amide bonds. The fraction of sp³-hybridized carbons (Fsp3) is 0.304. The Kier molecular flexibility index (Phi) is 6.39. The van der Waals surface area contributed by atoms with E-state index in [2.05, 4.69) is 5.32 Å². The maximum Gasteiger partial charge on any atom is 0.338 e. The number of carbonyl (C=O) groups is 4. The van der Waals surface area contributed by atoms with Crippen molar-refractivity contribution in [3.05, 3.63) is 59.2 Å². The van der Waals surface area contributed by atoms with Gasteiger partial charge >= 0.3 is 5.97 Å². The van der Waals surface area contributed by atoms with Crippen LogP contribution in [0.3, 0.4) is 0 Å². The van der Waals surface area contributed by atoms with Gasteiger partial charge in [0.05, 0.1) is 29.0 Å². The van der Waals surface area contributed by atoms with E-state index in [4.69, 9.17) is 9.47 Å². The van der Waals surface area contributed by atoms with Gasteiger partial charge in [-0.1, -0.05) is 12.1 Å². The lowest BCUT2D eigenvalue weighted by Gasteiger charge is -2.17. The van der Waals surface area contributed by atoms with E-state index >= 15 is 0 Å². The average molecular weight is 424 g/mol. The van der Waals surface area contributed by atoms with E-state index in [1.54, 1.807) is 38.1 Å². The van der Waals surface area contributed by atoms with Crippen molar-refractivity contribution in [3.8, 4) is 5.75 Å². The molecule has 162 valence electrons. The van der Waals surface area contributed by atoms with E-state index in [0.717, 1.165) is 4.90 Å². The fourth-order valence-corrected chi connectivity index (χ4v) is 3.22. The molecule has 1 aliphatic rings. The molecule has 1 N–H and O–H groups in total. The highest BCUT2D eigenvalue weighted by atomic mass is 16.5. The van der Waals surface area contributed by atoms with Gasteiger partial charge in [-0.05, 0) is 58.0 Å². The highest BCUT2D eigenvalue weighted by Crippen LogP contribution is 2.27. The number of anilines is 1. The normalized spacial score (nSPS) is 13.8. The largest absolute Gasteiger partial charge is 0.492 e. The third-order valence-corrected chi connectivity index (χ3v) is 4.77. The first-order chi connectivity index (χ1) is 14.7. The monoisotopic (exact) mass is 424 g/mol. The Morgan fingerprint density at radius 1 is 1.00 bits per heavy atom. The SMILES string of the molecule is CCOc1ccccc1NC(=O)C(C)OC(=O)c1ccc2c(c1)C(=O)N(C(C)C)C2=O. The van der Waals surface area contributed by atoms with Crippen LogP contribution in [-0.2, 0) is 9.53 Å². The van der Waals surface area contributed by atoms with Gasteiger partial charge in [0.25, 0.3) is 17.7 Å². The molecule has 0 radical (unpaired) electrons. The molecular formula is C23H24N2O6. The van der Waals surface area contributed by atoms with Crippen LogP contribution < -0.4 is 10.1 Å². The third kappa shape index (κ3) is 4.42. The van der Waals surface area contributed by atoms with Gasteiger partial charge in [-0.15, -0.1) is 0 Å². The molecule has 3 rings (SSSR count). The van der Waals surface area contributed by atoms with E-state index in [-0.39, 0.29) is 22.7 Å². The number of esters is 1. The number of hydrogen-bond donors (Lipinski definition) is 1. The van der Waals surface area contributed by atoms with E-state index in [1.165, 1.54) is 25.1 Å². The summed E-state index contributed by atoms with van der Waals surface area (Å²) in [7, 11) is 0. The van der Waals surface area contributed by atoms with Crippen molar-refractivity contribution in [3.63, 3.8) is 0 Å². The molecule has 8 nitrogen and oxygen atoms in total. The Balaban J connectivity index is 1.71. The van der Waals surface area contributed by atoms with Gasteiger partial charge in [0.2, 0.25) is 0 Å². The minimum absolute atomic E-state index is 0.0832. The Hall–Kier alpha value is -3.68. The summed E-state index contributed by atoms with van der Waals surface area (Å²) in [6.07, 6.45) is -1.10. The molecule has 0 saturated carbocycles. The van der Waals surface area contributed by atoms with Crippen molar-refractivity contribution >= 4 is 29.4 Å². The van der Waals surface area contributed by atoms with Crippen LogP contribution in [0.15, 0.2) is 42.5 Å². The van der Waals surface area contributed by atoms with Gasteiger partial charge < -0.3 is 14.8 Å². The molecule has 31 heavy (non-hydrogen) atoms. The molecule has 1 atom stereocenters. The lowest BCUT2D eigenvalue weighted by atomic mass is 10.1. The number of imide groups is 1. The molecule has 0 aliphatic carbocycles. The summed E-state index contributed by atoms with van der Waals surface area (Å²) in [5.74, 6) is -1.64. The molecule has 0 fully saturated rings. The number of ether oxygens (including phenoxy) is 2. The number of benzene rings is 2. The van der Waals surface area contributed by atoms with Crippen LogP contribution in [0.5, 0.6) is 5.75 Å². The number of hydrogen-bond acceptors (Lipinski definition) is 6. The zero-order valence-electron chi connectivity index (χ0n) is 17.8. The summed E-state index contributed by atoms with van der Waals surface area (Å²) < 4.78 is 10.7. The van der Waals surface area contributed by atoms with Crippen LogP contribution >= 0.6 is 0 Å². The molecule has 0 aromatic heterocycles. The quantitative estimate of drug-likeness (QED) is 0.541. The van der Waals surface area contributed by atoms with Crippen molar-refractivity contribution in [2.24, 2.45) is 0 Å². The number of nitrogens with one attached hydrogen (secondary N) is 1. The Labute approximate surface area is 180 Å². The Morgan fingerprint density at radius 3 is 2.35 bits per heavy atom. The van der Waals surface area contributed by atoms with E-state index in [9.17, 15) is 19.2 Å². The first-order valence-electron chi connectivity index (χ1n) is 10.00. The van der Waals surface area contributed by atoms with E-state index < -0.39 is 29.8 Å². The number of carbonyl (C=O) groups excluding carboxylic acids is 4. The van der Waals surface area contributed by atoms with Gasteiger partial charge in [-0.25, -0.2) is 4.79 Å². The topological polar surface area (TPSA) is 102 Å². The minimum atomic E-state index is -1.10. The number of para-hydroxylation sites is 2. The number of nitrogens with zero attached hydrogens (tertiary/aromatic N) is 1. The van der Waals surface area contributed by atoms with Crippen molar-refractivity contribution in [2.45, 2.75) is 39.8 Å². The standard InChI is InChI=1S/C23H24N2O6/c1-5-30-19-9-7-6-8-18(19)24-20(26)14(4)31-23(29)15-10-11-16-17(12-15)22(28)25(13(2)3)21(16)27/h6-14H,5H2,1-4H3,(H,24,26). The van der Waals surface area contributed by atoms with E-state index in [1.807, 2.05) is 6.92 Å². The molecule has 2 aromatic carbocycles. The van der Waals surface area contributed by atoms with Gasteiger partial charge in [0, 0.05) is 6.04 Å². The molecule has 0 spiro atoms. The second-order valence-corrected chi connectivity index (χ2v) is 7.30. The molecule has 0 bridgehead atoms. The molecular weight excluding hydrogens is 400 g/mol. The van der Waals surface area contributed by atoms with Gasteiger partial charge in [0.1, 0.15) is 5.75 Å².